The highest BCUT2D eigenvalue weighted by molar-refractivity contribution is 6.38. The van der Waals surface area contributed by atoms with Gasteiger partial charge in [-0.25, -0.2) is 8.78 Å². The minimum Gasteiger partial charge on any atom is -0.356 e. The Morgan fingerprint density at radius 2 is 1.77 bits per heavy atom. The molecule has 4 N–H and O–H groups in total. The highest BCUT2D eigenvalue weighted by Gasteiger charge is 2.75. The summed E-state index contributed by atoms with van der Waals surface area (Å²) in [4.78, 5) is 70.0. The zero-order chi connectivity index (χ0) is 30.4. The van der Waals surface area contributed by atoms with E-state index in [1.807, 2.05) is 6.07 Å². The predicted molar refractivity (Wildman–Crippen MR) is 151 cm³/mol. The van der Waals surface area contributed by atoms with Crippen LogP contribution in [-0.2, 0) is 25.7 Å². The van der Waals surface area contributed by atoms with Gasteiger partial charge in [-0.1, -0.05) is 48.5 Å². The summed E-state index contributed by atoms with van der Waals surface area (Å²) in [6, 6.07) is 15.0. The zero-order valence-corrected chi connectivity index (χ0v) is 23.2. The number of likely N-dealkylation sites (tertiary alicyclic amines) is 1. The van der Waals surface area contributed by atoms with Crippen molar-refractivity contribution in [2.75, 3.05) is 13.1 Å². The summed E-state index contributed by atoms with van der Waals surface area (Å²) in [5, 5.41) is 8.53. The van der Waals surface area contributed by atoms with Gasteiger partial charge in [-0.2, -0.15) is 0 Å². The minimum absolute atomic E-state index is 0.0724. The number of fused-ring (bicyclic) bond motifs is 1. The lowest BCUT2D eigenvalue weighted by molar-refractivity contribution is -0.141. The van der Waals surface area contributed by atoms with Crippen LogP contribution in [0.2, 0.25) is 0 Å². The van der Waals surface area contributed by atoms with E-state index in [1.54, 1.807) is 54.6 Å². The number of benzene rings is 2. The molecule has 2 aliphatic heterocycles. The van der Waals surface area contributed by atoms with Crippen LogP contribution in [0.3, 0.4) is 0 Å². The number of aromatic nitrogens is 1. The van der Waals surface area contributed by atoms with Crippen molar-refractivity contribution in [3.63, 3.8) is 0 Å². The van der Waals surface area contributed by atoms with Gasteiger partial charge in [-0.15, -0.1) is 0 Å². The first-order valence-electron chi connectivity index (χ1n) is 14.3. The number of H-pyrrole nitrogens is 1. The van der Waals surface area contributed by atoms with Crippen LogP contribution >= 0.6 is 0 Å². The molecule has 2 aromatic carbocycles. The molecule has 3 aliphatic rings. The van der Waals surface area contributed by atoms with Gasteiger partial charge in [0.15, 0.2) is 0 Å². The van der Waals surface area contributed by atoms with Crippen LogP contribution in [0.5, 0.6) is 0 Å². The SMILES string of the molecule is O=C(NCc1ccccc1)C(=O)[C@H](C[C@@H]1CCNC1=O)NC(=O)[C@@H]1C[C@@]2(CN1C(=O)c1cc3ccccc3[nH]1)CC2(F)F. The average molecular weight is 592 g/mol. The van der Waals surface area contributed by atoms with E-state index in [-0.39, 0.29) is 37.5 Å². The van der Waals surface area contributed by atoms with Crippen LogP contribution in [0.1, 0.15) is 41.7 Å². The molecule has 0 radical (unpaired) electrons. The summed E-state index contributed by atoms with van der Waals surface area (Å²) in [6.45, 7) is 0.141. The van der Waals surface area contributed by atoms with E-state index in [1.165, 1.54) is 0 Å². The monoisotopic (exact) mass is 591 g/mol. The number of nitrogens with one attached hydrogen (secondary N) is 4. The summed E-state index contributed by atoms with van der Waals surface area (Å²) < 4.78 is 29.1. The molecule has 12 heteroatoms. The van der Waals surface area contributed by atoms with Crippen molar-refractivity contribution in [2.45, 2.75) is 50.2 Å². The third-order valence-corrected chi connectivity index (χ3v) is 8.80. The topological polar surface area (TPSA) is 140 Å². The smallest absolute Gasteiger partial charge is 0.289 e. The number of Topliss-reactive ketones (excluding diaryl/α,β-unsaturated/α-hetero) is 1. The number of carbonyl (C=O) groups is 5. The highest BCUT2D eigenvalue weighted by Crippen LogP contribution is 2.66. The lowest BCUT2D eigenvalue weighted by Crippen LogP contribution is -2.54. The van der Waals surface area contributed by atoms with E-state index >= 15 is 0 Å². The van der Waals surface area contributed by atoms with E-state index in [2.05, 4.69) is 20.9 Å². The molecular formula is C31H31F2N5O5. The van der Waals surface area contributed by atoms with Crippen molar-refractivity contribution in [1.82, 2.24) is 25.8 Å². The minimum atomic E-state index is -3.03. The fourth-order valence-electron chi connectivity index (χ4n) is 6.22. The number of rotatable bonds is 9. The molecule has 4 atom stereocenters. The fourth-order valence-corrected chi connectivity index (χ4v) is 6.22. The molecule has 0 bridgehead atoms. The summed E-state index contributed by atoms with van der Waals surface area (Å²) in [5.74, 6) is -7.30. The summed E-state index contributed by atoms with van der Waals surface area (Å²) in [6.07, 6.45) is -0.470. The molecule has 4 amide bonds. The van der Waals surface area contributed by atoms with Gasteiger partial charge in [0.05, 0.1) is 11.5 Å². The van der Waals surface area contributed by atoms with Crippen LogP contribution < -0.4 is 16.0 Å². The molecule has 1 aromatic heterocycles. The summed E-state index contributed by atoms with van der Waals surface area (Å²) in [7, 11) is 0. The summed E-state index contributed by atoms with van der Waals surface area (Å²) >= 11 is 0. The van der Waals surface area contributed by atoms with Crippen molar-refractivity contribution >= 4 is 40.3 Å². The van der Waals surface area contributed by atoms with Crippen LogP contribution in [0.4, 0.5) is 8.78 Å². The number of nitrogens with zero attached hydrogens (tertiary/aromatic N) is 1. The van der Waals surface area contributed by atoms with Crippen molar-refractivity contribution in [3.05, 3.63) is 71.9 Å². The first kappa shape index (κ1) is 28.5. The van der Waals surface area contributed by atoms with Gasteiger partial charge in [-0.3, -0.25) is 24.0 Å². The lowest BCUT2D eigenvalue weighted by atomic mass is 9.94. The molecule has 3 heterocycles. The normalized spacial score (nSPS) is 24.5. The largest absolute Gasteiger partial charge is 0.356 e. The molecule has 1 aliphatic carbocycles. The van der Waals surface area contributed by atoms with Crippen LogP contribution in [-0.4, -0.2) is 70.4 Å². The van der Waals surface area contributed by atoms with E-state index < -0.39 is 59.3 Å². The van der Waals surface area contributed by atoms with Gasteiger partial charge >= 0.3 is 0 Å². The molecule has 10 nitrogen and oxygen atoms in total. The van der Waals surface area contributed by atoms with Gasteiger partial charge in [0.2, 0.25) is 17.6 Å². The van der Waals surface area contributed by atoms with E-state index in [9.17, 15) is 32.8 Å². The third-order valence-electron chi connectivity index (χ3n) is 8.80. The standard InChI is InChI=1S/C31H31F2N5O5/c32-31(33)16-30(31)14-24(38(17-30)29(43)23-12-19-8-4-5-9-21(19)36-23)27(41)37-22(13-20-10-11-34-26(20)40)25(39)28(42)35-15-18-6-2-1-3-7-18/h1-9,12,20,22,24,36H,10-11,13-17H2,(H,34,40)(H,35,42)(H,37,41)/t20-,22-,24-,30-/m0/s1. The van der Waals surface area contributed by atoms with Crippen molar-refractivity contribution in [2.24, 2.45) is 11.3 Å². The number of para-hydroxylation sites is 1. The van der Waals surface area contributed by atoms with Crippen LogP contribution in [0, 0.1) is 11.3 Å². The van der Waals surface area contributed by atoms with Gasteiger partial charge in [0.1, 0.15) is 11.7 Å². The Labute approximate surface area is 245 Å². The second kappa shape index (κ2) is 10.9. The second-order valence-corrected chi connectivity index (χ2v) is 11.7. The second-order valence-electron chi connectivity index (χ2n) is 11.7. The number of halogens is 2. The number of aromatic amines is 1. The maximum atomic E-state index is 14.5. The van der Waals surface area contributed by atoms with E-state index in [4.69, 9.17) is 0 Å². The first-order chi connectivity index (χ1) is 20.6. The average Bonchev–Trinajstić information content (AvgIpc) is 3.48. The maximum Gasteiger partial charge on any atom is 0.289 e. The molecular weight excluding hydrogens is 560 g/mol. The first-order valence-corrected chi connectivity index (χ1v) is 14.3. The molecule has 3 fully saturated rings. The molecule has 3 aromatic rings. The Balaban J connectivity index is 1.22. The molecule has 2 saturated heterocycles. The number of hydrogen-bond donors (Lipinski definition) is 4. The molecule has 1 saturated carbocycles. The molecule has 6 rings (SSSR count). The Bertz CT molecular complexity index is 1580. The molecule has 1 spiro atoms. The third kappa shape index (κ3) is 5.49. The van der Waals surface area contributed by atoms with Crippen LogP contribution in [0.15, 0.2) is 60.7 Å². The molecule has 0 unspecified atom stereocenters. The number of carbonyl (C=O) groups excluding carboxylic acids is 5. The highest BCUT2D eigenvalue weighted by atomic mass is 19.3. The van der Waals surface area contributed by atoms with E-state index in [0.717, 1.165) is 15.8 Å². The van der Waals surface area contributed by atoms with Gasteiger partial charge in [0.25, 0.3) is 17.7 Å². The van der Waals surface area contributed by atoms with Gasteiger partial charge in [-0.05, 0) is 37.0 Å². The number of hydrogen-bond acceptors (Lipinski definition) is 5. The van der Waals surface area contributed by atoms with Crippen LogP contribution in [0.25, 0.3) is 10.9 Å². The van der Waals surface area contributed by atoms with E-state index in [0.29, 0.717) is 18.5 Å². The molecule has 43 heavy (non-hydrogen) atoms. The maximum absolute atomic E-state index is 14.5. The Morgan fingerprint density at radius 1 is 1.05 bits per heavy atom. The molecule has 224 valence electrons. The van der Waals surface area contributed by atoms with Gasteiger partial charge < -0.3 is 25.8 Å². The number of alkyl halides is 2. The van der Waals surface area contributed by atoms with Crippen molar-refractivity contribution in [3.8, 4) is 0 Å². The lowest BCUT2D eigenvalue weighted by Gasteiger charge is -2.26. The fraction of sp³-hybridized carbons (Fsp3) is 0.387. The van der Waals surface area contributed by atoms with Crippen molar-refractivity contribution in [1.29, 1.82) is 0 Å². The Hall–Kier alpha value is -4.61. The quantitative estimate of drug-likeness (QED) is 0.283. The Kier molecular flexibility index (Phi) is 7.23. The number of amides is 4. The zero-order valence-electron chi connectivity index (χ0n) is 23.2. The Morgan fingerprint density at radius 3 is 2.44 bits per heavy atom. The summed E-state index contributed by atoms with van der Waals surface area (Å²) in [5.41, 5.74) is 0.0523. The predicted octanol–water partition coefficient (Wildman–Crippen LogP) is 2.30. The number of ketones is 1. The van der Waals surface area contributed by atoms with Gasteiger partial charge in [0, 0.05) is 42.9 Å². The van der Waals surface area contributed by atoms with Crippen molar-refractivity contribution < 1.29 is 32.8 Å².